The molecule has 1 aliphatic carbocycles. The molecule has 2 N–H and O–H groups in total. The minimum atomic E-state index is -0.0893. The second-order valence-electron chi connectivity index (χ2n) is 4.83. The van der Waals surface area contributed by atoms with Crippen LogP contribution < -0.4 is 5.73 Å². The molecule has 1 aromatic heterocycles. The van der Waals surface area contributed by atoms with Crippen molar-refractivity contribution >= 4 is 11.7 Å². The van der Waals surface area contributed by atoms with E-state index in [0.717, 1.165) is 37.1 Å². The van der Waals surface area contributed by atoms with Crippen molar-refractivity contribution in [3.8, 4) is 0 Å². The van der Waals surface area contributed by atoms with Crippen molar-refractivity contribution < 1.29 is 9.53 Å². The van der Waals surface area contributed by atoms with Crippen molar-refractivity contribution in [2.24, 2.45) is 5.92 Å². The summed E-state index contributed by atoms with van der Waals surface area (Å²) in [6.07, 6.45) is 6.20. The van der Waals surface area contributed by atoms with Gasteiger partial charge >= 0.3 is 5.97 Å². The van der Waals surface area contributed by atoms with Gasteiger partial charge in [0.15, 0.2) is 0 Å². The molecule has 0 bridgehead atoms. The van der Waals surface area contributed by atoms with Gasteiger partial charge in [0.2, 0.25) is 0 Å². The molecule has 0 amide bonds. The number of ether oxygens (including phenoxy) is 1. The van der Waals surface area contributed by atoms with Gasteiger partial charge < -0.3 is 10.5 Å². The molecular formula is C14H20N2O2. The summed E-state index contributed by atoms with van der Waals surface area (Å²) in [7, 11) is 0. The third-order valence-electron chi connectivity index (χ3n) is 3.45. The molecule has 4 heteroatoms. The van der Waals surface area contributed by atoms with Crippen LogP contribution in [-0.2, 0) is 22.4 Å². The lowest BCUT2D eigenvalue weighted by Crippen LogP contribution is -2.17. The predicted octanol–water partition coefficient (Wildman–Crippen LogP) is 2.11. The standard InChI is InChI=1S/C14H20N2O2/c1-2-18-14(17)6-4-10-3-5-11-8-12(15)9-16-13(11)7-10/h8-10H,2-7,15H2,1H3. The number of rotatable bonds is 4. The number of fused-ring (bicyclic) bond motifs is 1. The Labute approximate surface area is 108 Å². The SMILES string of the molecule is CCOC(=O)CCC1CCc2cc(N)cnc2C1. The van der Waals surface area contributed by atoms with Gasteiger partial charge in [0.05, 0.1) is 18.5 Å². The van der Waals surface area contributed by atoms with Crippen LogP contribution in [0.25, 0.3) is 0 Å². The number of nitrogens with two attached hydrogens (primary N) is 1. The van der Waals surface area contributed by atoms with Crippen molar-refractivity contribution in [1.29, 1.82) is 0 Å². The molecule has 98 valence electrons. The quantitative estimate of drug-likeness (QED) is 0.829. The van der Waals surface area contributed by atoms with Crippen LogP contribution in [0.2, 0.25) is 0 Å². The summed E-state index contributed by atoms with van der Waals surface area (Å²) >= 11 is 0. The average Bonchev–Trinajstić information content (AvgIpc) is 2.36. The number of esters is 1. The Kier molecular flexibility index (Phi) is 4.18. The van der Waals surface area contributed by atoms with Gasteiger partial charge in [0, 0.05) is 12.1 Å². The van der Waals surface area contributed by atoms with Crippen LogP contribution in [0, 0.1) is 5.92 Å². The smallest absolute Gasteiger partial charge is 0.305 e. The molecule has 1 atom stereocenters. The van der Waals surface area contributed by atoms with Crippen molar-refractivity contribution in [3.05, 3.63) is 23.5 Å². The van der Waals surface area contributed by atoms with Crippen molar-refractivity contribution in [3.63, 3.8) is 0 Å². The third-order valence-corrected chi connectivity index (χ3v) is 3.45. The Morgan fingerprint density at radius 1 is 1.61 bits per heavy atom. The Hall–Kier alpha value is -1.58. The lowest BCUT2D eigenvalue weighted by molar-refractivity contribution is -0.143. The Morgan fingerprint density at radius 2 is 2.44 bits per heavy atom. The Morgan fingerprint density at radius 3 is 3.22 bits per heavy atom. The largest absolute Gasteiger partial charge is 0.466 e. The average molecular weight is 248 g/mol. The Balaban J connectivity index is 1.88. The molecule has 0 saturated carbocycles. The summed E-state index contributed by atoms with van der Waals surface area (Å²) in [6.45, 7) is 2.30. The van der Waals surface area contributed by atoms with Crippen LogP contribution in [0.1, 0.15) is 37.4 Å². The third kappa shape index (κ3) is 3.22. The summed E-state index contributed by atoms with van der Waals surface area (Å²) in [4.78, 5) is 15.7. The van der Waals surface area contributed by atoms with E-state index in [1.54, 1.807) is 6.20 Å². The van der Waals surface area contributed by atoms with Gasteiger partial charge in [-0.2, -0.15) is 0 Å². The van der Waals surface area contributed by atoms with E-state index in [1.165, 1.54) is 5.56 Å². The van der Waals surface area contributed by atoms with E-state index < -0.39 is 0 Å². The van der Waals surface area contributed by atoms with Crippen LogP contribution in [0.4, 0.5) is 5.69 Å². The molecule has 0 radical (unpaired) electrons. The van der Waals surface area contributed by atoms with Gasteiger partial charge in [-0.1, -0.05) is 0 Å². The van der Waals surface area contributed by atoms with Crippen LogP contribution in [0.15, 0.2) is 12.3 Å². The number of nitrogens with zero attached hydrogens (tertiary/aromatic N) is 1. The topological polar surface area (TPSA) is 65.2 Å². The normalized spacial score (nSPS) is 18.2. The summed E-state index contributed by atoms with van der Waals surface area (Å²) < 4.78 is 4.95. The van der Waals surface area contributed by atoms with Crippen molar-refractivity contribution in [2.45, 2.75) is 39.0 Å². The van der Waals surface area contributed by atoms with E-state index in [0.29, 0.717) is 18.9 Å². The lowest BCUT2D eigenvalue weighted by Gasteiger charge is -2.23. The molecule has 1 aromatic rings. The number of hydrogen-bond donors (Lipinski definition) is 1. The zero-order chi connectivity index (χ0) is 13.0. The van der Waals surface area contributed by atoms with Crippen LogP contribution in [-0.4, -0.2) is 17.6 Å². The van der Waals surface area contributed by atoms with Crippen LogP contribution in [0.3, 0.4) is 0 Å². The van der Waals surface area contributed by atoms with Crippen LogP contribution in [0.5, 0.6) is 0 Å². The number of carbonyl (C=O) groups excluding carboxylic acids is 1. The van der Waals surface area contributed by atoms with Crippen molar-refractivity contribution in [1.82, 2.24) is 4.98 Å². The zero-order valence-electron chi connectivity index (χ0n) is 10.8. The van der Waals surface area contributed by atoms with Gasteiger partial charge in [-0.3, -0.25) is 9.78 Å². The van der Waals surface area contributed by atoms with E-state index in [1.807, 2.05) is 13.0 Å². The molecule has 1 aliphatic rings. The molecule has 4 nitrogen and oxygen atoms in total. The number of aryl methyl sites for hydroxylation is 1. The van der Waals surface area contributed by atoms with Gasteiger partial charge in [-0.15, -0.1) is 0 Å². The van der Waals surface area contributed by atoms with Crippen LogP contribution >= 0.6 is 0 Å². The first-order valence-electron chi connectivity index (χ1n) is 6.58. The molecule has 1 heterocycles. The predicted molar refractivity (Wildman–Crippen MR) is 70.0 cm³/mol. The first kappa shape index (κ1) is 12.9. The first-order chi connectivity index (χ1) is 8.69. The minimum Gasteiger partial charge on any atom is -0.466 e. The summed E-state index contributed by atoms with van der Waals surface area (Å²) in [5.41, 5.74) is 8.87. The summed E-state index contributed by atoms with van der Waals surface area (Å²) in [5, 5.41) is 0. The Bertz CT molecular complexity index is 432. The first-order valence-corrected chi connectivity index (χ1v) is 6.58. The van der Waals surface area contributed by atoms with E-state index >= 15 is 0 Å². The second-order valence-corrected chi connectivity index (χ2v) is 4.83. The minimum absolute atomic E-state index is 0.0893. The molecule has 0 aromatic carbocycles. The highest BCUT2D eigenvalue weighted by Crippen LogP contribution is 2.28. The fourth-order valence-electron chi connectivity index (χ4n) is 2.49. The number of pyridine rings is 1. The van der Waals surface area contributed by atoms with Crippen molar-refractivity contribution in [2.75, 3.05) is 12.3 Å². The monoisotopic (exact) mass is 248 g/mol. The second kappa shape index (κ2) is 5.85. The maximum absolute atomic E-state index is 11.3. The zero-order valence-corrected chi connectivity index (χ0v) is 10.8. The molecule has 0 saturated heterocycles. The number of anilines is 1. The lowest BCUT2D eigenvalue weighted by atomic mass is 9.84. The maximum atomic E-state index is 11.3. The molecule has 0 fully saturated rings. The molecule has 18 heavy (non-hydrogen) atoms. The molecule has 0 aliphatic heterocycles. The number of aromatic nitrogens is 1. The highest BCUT2D eigenvalue weighted by atomic mass is 16.5. The highest BCUT2D eigenvalue weighted by Gasteiger charge is 2.20. The van der Waals surface area contributed by atoms with Gasteiger partial charge in [0.25, 0.3) is 0 Å². The number of hydrogen-bond acceptors (Lipinski definition) is 4. The van der Waals surface area contributed by atoms with E-state index in [4.69, 9.17) is 10.5 Å². The number of nitrogen functional groups attached to an aromatic ring is 1. The summed E-state index contributed by atoms with van der Waals surface area (Å²) in [5.74, 6) is 0.451. The molecule has 2 rings (SSSR count). The molecule has 0 spiro atoms. The number of carbonyl (C=O) groups is 1. The van der Waals surface area contributed by atoms with Gasteiger partial charge in [-0.25, -0.2) is 0 Å². The fraction of sp³-hybridized carbons (Fsp3) is 0.571. The van der Waals surface area contributed by atoms with Gasteiger partial charge in [0.1, 0.15) is 0 Å². The fourth-order valence-corrected chi connectivity index (χ4v) is 2.49. The van der Waals surface area contributed by atoms with E-state index in [-0.39, 0.29) is 5.97 Å². The van der Waals surface area contributed by atoms with E-state index in [9.17, 15) is 4.79 Å². The molecular weight excluding hydrogens is 228 g/mol. The summed E-state index contributed by atoms with van der Waals surface area (Å²) in [6, 6.07) is 2.02. The molecule has 1 unspecified atom stereocenters. The highest BCUT2D eigenvalue weighted by molar-refractivity contribution is 5.69. The maximum Gasteiger partial charge on any atom is 0.305 e. The van der Waals surface area contributed by atoms with Gasteiger partial charge in [-0.05, 0) is 50.2 Å². The van der Waals surface area contributed by atoms with E-state index in [2.05, 4.69) is 4.98 Å².